The molecule has 11 nitrogen and oxygen atoms in total. The Balaban J connectivity index is 0.00000405. The van der Waals surface area contributed by atoms with E-state index in [1.54, 1.807) is 35.9 Å². The first-order valence-corrected chi connectivity index (χ1v) is 14.9. The lowest BCUT2D eigenvalue weighted by molar-refractivity contribution is -0.137. The Labute approximate surface area is 254 Å². The number of nitrogens with zero attached hydrogens (tertiary/aromatic N) is 5. The fourth-order valence-corrected chi connectivity index (χ4v) is 6.40. The van der Waals surface area contributed by atoms with Crippen molar-refractivity contribution in [3.8, 4) is 5.69 Å². The van der Waals surface area contributed by atoms with Crippen molar-refractivity contribution in [3.63, 3.8) is 0 Å². The molecule has 2 aromatic rings. The molecule has 3 amide bonds. The number of likely N-dealkylation sites (tertiary alicyclic amines) is 1. The highest BCUT2D eigenvalue weighted by Crippen LogP contribution is 2.30. The molecular weight excluding hydrogens is 556 g/mol. The summed E-state index contributed by atoms with van der Waals surface area (Å²) in [6.07, 6.45) is 8.45. The zero-order valence-electron chi connectivity index (χ0n) is 24.8. The second kappa shape index (κ2) is 13.5. The van der Waals surface area contributed by atoms with Gasteiger partial charge in [0.25, 0.3) is 0 Å². The smallest absolute Gasteiger partial charge is 0.338 e. The molecule has 230 valence electrons. The molecule has 2 fully saturated rings. The molecule has 0 bridgehead atoms. The van der Waals surface area contributed by atoms with Crippen molar-refractivity contribution in [2.75, 3.05) is 51.1 Å². The molecule has 0 radical (unpaired) electrons. The Morgan fingerprint density at radius 3 is 2.33 bits per heavy atom. The summed E-state index contributed by atoms with van der Waals surface area (Å²) in [6.45, 7) is 8.05. The molecule has 5 N–H and O–H groups in total. The molecule has 42 heavy (non-hydrogen) atoms. The molecule has 2 saturated heterocycles. The quantitative estimate of drug-likeness (QED) is 0.460. The van der Waals surface area contributed by atoms with Gasteiger partial charge in [0.2, 0.25) is 5.91 Å². The zero-order valence-corrected chi connectivity index (χ0v) is 25.6. The van der Waals surface area contributed by atoms with Gasteiger partial charge in [-0.2, -0.15) is 4.98 Å². The molecule has 5 rings (SSSR count). The number of hydrogen-bond donors (Lipinski definition) is 3. The lowest BCUT2D eigenvalue weighted by atomic mass is 9.85. The van der Waals surface area contributed by atoms with Gasteiger partial charge < -0.3 is 26.2 Å². The summed E-state index contributed by atoms with van der Waals surface area (Å²) >= 11 is 0. The first kappa shape index (κ1) is 31.9. The summed E-state index contributed by atoms with van der Waals surface area (Å²) < 4.78 is 1.52. The summed E-state index contributed by atoms with van der Waals surface area (Å²) in [7, 11) is 0. The standard InChI is InChI=1S/C30H44N8O3.ClH/c1-30(2,32)27(39)36-15-17-37(18-16-36)28(40)33-26-10-14-38(29(41)34-26)25-6-4-22-19-24(5-3-23(22)20-25)35-12-8-21(7-11-31)9-13-35;/h4,6,10,14,20-21,24H,3,5,7-9,11-13,15-19,31-32H2,1-2H3,(H,33,34,40,41);1H. The average Bonchev–Trinajstić information content (AvgIpc) is 2.96. The Morgan fingerprint density at radius 1 is 1.00 bits per heavy atom. The van der Waals surface area contributed by atoms with Crippen LogP contribution < -0.4 is 22.5 Å². The molecule has 1 unspecified atom stereocenters. The van der Waals surface area contributed by atoms with E-state index in [4.69, 9.17) is 11.5 Å². The van der Waals surface area contributed by atoms with Crippen LogP contribution in [0.4, 0.5) is 10.6 Å². The van der Waals surface area contributed by atoms with E-state index < -0.39 is 11.2 Å². The summed E-state index contributed by atoms with van der Waals surface area (Å²) in [5.41, 5.74) is 13.7. The van der Waals surface area contributed by atoms with Crippen molar-refractivity contribution in [3.05, 3.63) is 52.1 Å². The number of piperidine rings is 1. The van der Waals surface area contributed by atoms with Crippen molar-refractivity contribution < 1.29 is 9.59 Å². The maximum absolute atomic E-state index is 12.9. The maximum atomic E-state index is 12.9. The molecular formula is C30H45ClN8O3. The average molecular weight is 601 g/mol. The highest BCUT2D eigenvalue weighted by atomic mass is 35.5. The third-order valence-corrected chi connectivity index (χ3v) is 8.85. The number of nitrogens with two attached hydrogens (primary N) is 2. The predicted octanol–water partition coefficient (Wildman–Crippen LogP) is 1.99. The van der Waals surface area contributed by atoms with Gasteiger partial charge in [0.15, 0.2) is 0 Å². The van der Waals surface area contributed by atoms with Crippen molar-refractivity contribution in [1.29, 1.82) is 0 Å². The minimum Gasteiger partial charge on any atom is -0.338 e. The number of carbonyl (C=O) groups is 2. The van der Waals surface area contributed by atoms with E-state index in [1.165, 1.54) is 28.5 Å². The number of hydrogen-bond acceptors (Lipinski definition) is 7. The number of benzene rings is 1. The first-order chi connectivity index (χ1) is 19.6. The van der Waals surface area contributed by atoms with Gasteiger partial charge in [-0.15, -0.1) is 12.4 Å². The fraction of sp³-hybridized carbons (Fsp3) is 0.600. The summed E-state index contributed by atoms with van der Waals surface area (Å²) in [5, 5.41) is 2.72. The summed E-state index contributed by atoms with van der Waals surface area (Å²) in [5.74, 6) is 0.843. The molecule has 3 aliphatic rings. The third-order valence-electron chi connectivity index (χ3n) is 8.85. The van der Waals surface area contributed by atoms with Crippen LogP contribution in [-0.4, -0.2) is 93.6 Å². The minimum atomic E-state index is -0.944. The number of aryl methyl sites for hydroxylation is 1. The van der Waals surface area contributed by atoms with Gasteiger partial charge in [-0.25, -0.2) is 9.59 Å². The Morgan fingerprint density at radius 2 is 1.69 bits per heavy atom. The molecule has 0 saturated carbocycles. The van der Waals surface area contributed by atoms with Gasteiger partial charge in [-0.05, 0) is 107 Å². The highest BCUT2D eigenvalue weighted by molar-refractivity contribution is 5.89. The summed E-state index contributed by atoms with van der Waals surface area (Å²) in [6, 6.07) is 8.11. The van der Waals surface area contributed by atoms with Gasteiger partial charge >= 0.3 is 11.7 Å². The Kier molecular flexibility index (Phi) is 10.3. The van der Waals surface area contributed by atoms with Gasteiger partial charge in [0.1, 0.15) is 5.82 Å². The second-order valence-corrected chi connectivity index (χ2v) is 12.3. The molecule has 1 aromatic heterocycles. The van der Waals surface area contributed by atoms with E-state index in [0.717, 1.165) is 56.9 Å². The highest BCUT2D eigenvalue weighted by Gasteiger charge is 2.32. The Bertz CT molecular complexity index is 1310. The van der Waals surface area contributed by atoms with Crippen LogP contribution in [0.1, 0.15) is 50.7 Å². The molecule has 2 aliphatic heterocycles. The normalized spacial score (nSPS) is 20.0. The predicted molar refractivity (Wildman–Crippen MR) is 166 cm³/mol. The number of nitrogens with one attached hydrogen (secondary N) is 1. The number of carbonyl (C=O) groups excluding carboxylic acids is 2. The van der Waals surface area contributed by atoms with Gasteiger partial charge in [0.05, 0.1) is 11.2 Å². The molecule has 1 atom stereocenters. The number of aromatic nitrogens is 2. The number of urea groups is 1. The van der Waals surface area contributed by atoms with Crippen LogP contribution in [-0.2, 0) is 17.6 Å². The number of piperazine rings is 1. The van der Waals surface area contributed by atoms with Crippen molar-refractivity contribution >= 4 is 30.2 Å². The van der Waals surface area contributed by atoms with Crippen LogP contribution in [0, 0.1) is 5.92 Å². The van der Waals surface area contributed by atoms with E-state index in [1.807, 2.05) is 6.07 Å². The largest absolute Gasteiger partial charge is 0.354 e. The maximum Gasteiger partial charge on any atom is 0.354 e. The zero-order chi connectivity index (χ0) is 29.1. The lowest BCUT2D eigenvalue weighted by Crippen LogP contribution is -2.58. The topological polar surface area (TPSA) is 143 Å². The monoisotopic (exact) mass is 600 g/mol. The van der Waals surface area contributed by atoms with Crippen LogP contribution in [0.5, 0.6) is 0 Å². The van der Waals surface area contributed by atoms with Crippen LogP contribution in [0.3, 0.4) is 0 Å². The number of fused-ring (bicyclic) bond motifs is 1. The first-order valence-electron chi connectivity index (χ1n) is 14.9. The number of anilines is 1. The van der Waals surface area contributed by atoms with Crippen molar-refractivity contribution in [1.82, 2.24) is 24.3 Å². The molecule has 0 spiro atoms. The van der Waals surface area contributed by atoms with Crippen molar-refractivity contribution in [2.45, 2.75) is 64.0 Å². The Hall–Kier alpha value is -2.99. The van der Waals surface area contributed by atoms with Gasteiger partial charge in [-0.3, -0.25) is 14.7 Å². The van der Waals surface area contributed by atoms with E-state index in [-0.39, 0.29) is 30.2 Å². The van der Waals surface area contributed by atoms with Crippen molar-refractivity contribution in [2.24, 2.45) is 17.4 Å². The molecule has 12 heteroatoms. The second-order valence-electron chi connectivity index (χ2n) is 12.3. The van der Waals surface area contributed by atoms with E-state index >= 15 is 0 Å². The van der Waals surface area contributed by atoms with Crippen LogP contribution >= 0.6 is 12.4 Å². The van der Waals surface area contributed by atoms with E-state index in [0.29, 0.717) is 32.2 Å². The molecule has 3 heterocycles. The van der Waals surface area contributed by atoms with Gasteiger partial charge in [0, 0.05) is 38.4 Å². The number of amides is 3. The van der Waals surface area contributed by atoms with E-state index in [2.05, 4.69) is 27.3 Å². The van der Waals surface area contributed by atoms with Crippen LogP contribution in [0.15, 0.2) is 35.3 Å². The third kappa shape index (κ3) is 7.31. The minimum absolute atomic E-state index is 0. The van der Waals surface area contributed by atoms with Crippen LogP contribution in [0.25, 0.3) is 5.69 Å². The van der Waals surface area contributed by atoms with Gasteiger partial charge in [-0.1, -0.05) is 6.07 Å². The molecule has 1 aromatic carbocycles. The SMILES string of the molecule is CC(C)(N)C(=O)N1CCN(C(=O)Nc2ccn(-c3ccc4c(c3)CCC(N3CCC(CCN)CC3)C4)c(=O)n2)CC1.Cl. The summed E-state index contributed by atoms with van der Waals surface area (Å²) in [4.78, 5) is 48.2. The van der Waals surface area contributed by atoms with Crippen LogP contribution in [0.2, 0.25) is 0 Å². The molecule has 1 aliphatic carbocycles. The number of halogens is 1. The van der Waals surface area contributed by atoms with E-state index in [9.17, 15) is 14.4 Å². The lowest BCUT2D eigenvalue weighted by Gasteiger charge is -2.40. The number of rotatable bonds is 6. The fourth-order valence-electron chi connectivity index (χ4n) is 6.40.